The number of carbonyl (C=O) groups excluding carboxylic acids is 1. The number of benzene rings is 1. The van der Waals surface area contributed by atoms with Crippen LogP contribution < -0.4 is 5.32 Å². The van der Waals surface area contributed by atoms with Gasteiger partial charge in [-0.1, -0.05) is 19.1 Å². The van der Waals surface area contributed by atoms with Crippen molar-refractivity contribution < 1.29 is 9.53 Å². The monoisotopic (exact) mass is 318 g/mol. The van der Waals surface area contributed by atoms with Crippen molar-refractivity contribution in [2.45, 2.75) is 65.0 Å². The Morgan fingerprint density at radius 2 is 1.96 bits per heavy atom. The molecule has 1 amide bonds. The van der Waals surface area contributed by atoms with Crippen molar-refractivity contribution in [3.05, 3.63) is 29.8 Å². The lowest BCUT2D eigenvalue weighted by Gasteiger charge is -2.37. The van der Waals surface area contributed by atoms with E-state index in [1.54, 1.807) is 0 Å². The zero-order chi connectivity index (χ0) is 16.9. The molecular weight excluding hydrogens is 288 g/mol. The predicted octanol–water partition coefficient (Wildman–Crippen LogP) is 4.45. The van der Waals surface area contributed by atoms with Crippen molar-refractivity contribution in [3.63, 3.8) is 0 Å². The van der Waals surface area contributed by atoms with Crippen molar-refractivity contribution in [1.82, 2.24) is 4.90 Å². The summed E-state index contributed by atoms with van der Waals surface area (Å²) in [6.07, 6.45) is 4.11. The third-order valence-corrected chi connectivity index (χ3v) is 4.16. The molecule has 0 radical (unpaired) electrons. The van der Waals surface area contributed by atoms with Gasteiger partial charge >= 0.3 is 6.09 Å². The summed E-state index contributed by atoms with van der Waals surface area (Å²) >= 11 is 0. The van der Waals surface area contributed by atoms with Crippen LogP contribution in [0.5, 0.6) is 0 Å². The normalized spacial score (nSPS) is 18.6. The SMILES string of the molecule is CCc1ccc(NCC2CCCCN2C(=O)OC(C)(C)C)cc1. The number of nitrogens with zero attached hydrogens (tertiary/aromatic N) is 1. The van der Waals surface area contributed by atoms with Crippen molar-refractivity contribution >= 4 is 11.8 Å². The number of hydrogen-bond donors (Lipinski definition) is 1. The van der Waals surface area contributed by atoms with Crippen molar-refractivity contribution in [2.75, 3.05) is 18.4 Å². The largest absolute Gasteiger partial charge is 0.444 e. The Hall–Kier alpha value is -1.71. The maximum absolute atomic E-state index is 12.4. The Kier molecular flexibility index (Phi) is 5.91. The van der Waals surface area contributed by atoms with Gasteiger partial charge in [-0.3, -0.25) is 0 Å². The minimum Gasteiger partial charge on any atom is -0.444 e. The minimum atomic E-state index is -0.442. The number of carbonyl (C=O) groups is 1. The Morgan fingerprint density at radius 3 is 2.57 bits per heavy atom. The van der Waals surface area contributed by atoms with Crippen LogP contribution in [0.4, 0.5) is 10.5 Å². The average molecular weight is 318 g/mol. The number of hydrogen-bond acceptors (Lipinski definition) is 3. The molecule has 1 aromatic rings. The van der Waals surface area contributed by atoms with Gasteiger partial charge in [-0.05, 0) is 64.2 Å². The molecule has 0 saturated carbocycles. The summed E-state index contributed by atoms with van der Waals surface area (Å²) in [7, 11) is 0. The lowest BCUT2D eigenvalue weighted by Crippen LogP contribution is -2.48. The molecule has 0 aromatic heterocycles. The number of piperidine rings is 1. The van der Waals surface area contributed by atoms with E-state index in [1.165, 1.54) is 12.0 Å². The number of likely N-dealkylation sites (tertiary alicyclic amines) is 1. The molecule has 4 nitrogen and oxygen atoms in total. The van der Waals surface area contributed by atoms with E-state index in [4.69, 9.17) is 4.74 Å². The molecule has 0 spiro atoms. The Bertz CT molecular complexity index is 505. The van der Waals surface area contributed by atoms with E-state index in [1.807, 2.05) is 25.7 Å². The summed E-state index contributed by atoms with van der Waals surface area (Å²) in [5.41, 5.74) is 2.00. The number of nitrogens with one attached hydrogen (secondary N) is 1. The second-order valence-corrected chi connectivity index (χ2v) is 7.25. The van der Waals surface area contributed by atoms with Gasteiger partial charge in [-0.15, -0.1) is 0 Å². The second-order valence-electron chi connectivity index (χ2n) is 7.25. The first-order valence-corrected chi connectivity index (χ1v) is 8.71. The van der Waals surface area contributed by atoms with Gasteiger partial charge in [-0.2, -0.15) is 0 Å². The molecule has 4 heteroatoms. The van der Waals surface area contributed by atoms with Gasteiger partial charge in [-0.25, -0.2) is 4.79 Å². The number of ether oxygens (including phenoxy) is 1. The van der Waals surface area contributed by atoms with E-state index in [-0.39, 0.29) is 12.1 Å². The van der Waals surface area contributed by atoms with E-state index in [0.29, 0.717) is 0 Å². The molecule has 1 aromatic carbocycles. The van der Waals surface area contributed by atoms with Gasteiger partial charge in [0.15, 0.2) is 0 Å². The molecule has 1 aliphatic heterocycles. The summed E-state index contributed by atoms with van der Waals surface area (Å²) < 4.78 is 5.55. The third-order valence-electron chi connectivity index (χ3n) is 4.16. The fraction of sp³-hybridized carbons (Fsp3) is 0.632. The zero-order valence-corrected chi connectivity index (χ0v) is 14.9. The molecule has 0 bridgehead atoms. The Balaban J connectivity index is 1.93. The van der Waals surface area contributed by atoms with Gasteiger partial charge in [0.2, 0.25) is 0 Å². The van der Waals surface area contributed by atoms with Crippen LogP contribution in [0.1, 0.15) is 52.5 Å². The maximum atomic E-state index is 12.4. The van der Waals surface area contributed by atoms with Crippen LogP contribution in [0, 0.1) is 0 Å². The molecule has 1 aliphatic rings. The van der Waals surface area contributed by atoms with Crippen LogP contribution in [0.15, 0.2) is 24.3 Å². The first-order chi connectivity index (χ1) is 10.9. The van der Waals surface area contributed by atoms with E-state index in [0.717, 1.165) is 38.0 Å². The van der Waals surface area contributed by atoms with Crippen LogP contribution in [-0.2, 0) is 11.2 Å². The van der Waals surface area contributed by atoms with Crippen LogP contribution in [0.25, 0.3) is 0 Å². The average Bonchev–Trinajstić information content (AvgIpc) is 2.52. The molecule has 128 valence electrons. The van der Waals surface area contributed by atoms with Gasteiger partial charge in [0, 0.05) is 18.8 Å². The molecular formula is C19H30N2O2. The summed E-state index contributed by atoms with van der Waals surface area (Å²) in [4.78, 5) is 14.3. The van der Waals surface area contributed by atoms with Crippen LogP contribution >= 0.6 is 0 Å². The molecule has 1 atom stereocenters. The van der Waals surface area contributed by atoms with Crippen molar-refractivity contribution in [1.29, 1.82) is 0 Å². The van der Waals surface area contributed by atoms with E-state index >= 15 is 0 Å². The smallest absolute Gasteiger partial charge is 0.410 e. The van der Waals surface area contributed by atoms with Crippen LogP contribution in [0.2, 0.25) is 0 Å². The fourth-order valence-electron chi connectivity index (χ4n) is 2.87. The topological polar surface area (TPSA) is 41.6 Å². The third kappa shape index (κ3) is 5.45. The molecule has 23 heavy (non-hydrogen) atoms. The predicted molar refractivity (Wildman–Crippen MR) is 94.9 cm³/mol. The molecule has 1 saturated heterocycles. The van der Waals surface area contributed by atoms with E-state index < -0.39 is 5.60 Å². The summed E-state index contributed by atoms with van der Waals surface area (Å²) in [5, 5.41) is 3.46. The zero-order valence-electron chi connectivity index (χ0n) is 14.9. The van der Waals surface area contributed by atoms with Gasteiger partial charge < -0.3 is 15.0 Å². The Labute approximate surface area is 140 Å². The number of anilines is 1. The minimum absolute atomic E-state index is 0.190. The van der Waals surface area contributed by atoms with Crippen LogP contribution in [-0.4, -0.2) is 35.7 Å². The summed E-state index contributed by atoms with van der Waals surface area (Å²) in [5.74, 6) is 0. The maximum Gasteiger partial charge on any atom is 0.410 e. The van der Waals surface area contributed by atoms with Gasteiger partial charge in [0.25, 0.3) is 0 Å². The molecule has 1 fully saturated rings. The lowest BCUT2D eigenvalue weighted by atomic mass is 10.0. The molecule has 2 rings (SSSR count). The summed E-state index contributed by atoms with van der Waals surface area (Å²) in [6, 6.07) is 8.72. The quantitative estimate of drug-likeness (QED) is 0.891. The first kappa shape index (κ1) is 17.6. The Morgan fingerprint density at radius 1 is 1.26 bits per heavy atom. The molecule has 1 N–H and O–H groups in total. The highest BCUT2D eigenvalue weighted by Gasteiger charge is 2.30. The first-order valence-electron chi connectivity index (χ1n) is 8.71. The fourth-order valence-corrected chi connectivity index (χ4v) is 2.87. The standard InChI is InChI=1S/C19H30N2O2/c1-5-15-9-11-16(12-10-15)20-14-17-8-6-7-13-21(17)18(22)23-19(2,3)4/h9-12,17,20H,5-8,13-14H2,1-4H3. The number of amides is 1. The second kappa shape index (κ2) is 7.71. The highest BCUT2D eigenvalue weighted by atomic mass is 16.6. The van der Waals surface area contributed by atoms with Gasteiger partial charge in [0.1, 0.15) is 5.60 Å². The molecule has 1 unspecified atom stereocenters. The number of aryl methyl sites for hydroxylation is 1. The molecule has 0 aliphatic carbocycles. The highest BCUT2D eigenvalue weighted by molar-refractivity contribution is 5.68. The number of rotatable bonds is 4. The van der Waals surface area contributed by atoms with E-state index in [9.17, 15) is 4.79 Å². The summed E-state index contributed by atoms with van der Waals surface area (Å²) in [6.45, 7) is 9.45. The van der Waals surface area contributed by atoms with Gasteiger partial charge in [0.05, 0.1) is 6.04 Å². The van der Waals surface area contributed by atoms with Crippen molar-refractivity contribution in [3.8, 4) is 0 Å². The highest BCUT2D eigenvalue weighted by Crippen LogP contribution is 2.21. The molecule has 1 heterocycles. The van der Waals surface area contributed by atoms with Crippen molar-refractivity contribution in [2.24, 2.45) is 0 Å². The van der Waals surface area contributed by atoms with E-state index in [2.05, 4.69) is 36.5 Å². The van der Waals surface area contributed by atoms with Crippen LogP contribution in [0.3, 0.4) is 0 Å². The lowest BCUT2D eigenvalue weighted by molar-refractivity contribution is 0.0114.